The predicted molar refractivity (Wildman–Crippen MR) is 135 cm³/mol. The standard InChI is InChI=1S/C28H37N3O5/c1-19(26(33)29-21-8-4-3-5-9-21)31(18-20-12-14-22(36-2)15-13-20)25(32)16-17-30-27(34)23-10-6-7-11-24(23)28(30)35/h6-7,12-15,19,21,23-24H,3-5,8-11,16-18H2,1-2H3,(H,29,33)/t19-,23-,24+/m1/s1. The summed E-state index contributed by atoms with van der Waals surface area (Å²) in [5.74, 6) is -0.720. The number of ether oxygens (including phenoxy) is 1. The Bertz CT molecular complexity index is 973. The molecule has 3 aliphatic rings. The van der Waals surface area contributed by atoms with Crippen molar-refractivity contribution in [3.05, 3.63) is 42.0 Å². The van der Waals surface area contributed by atoms with Gasteiger partial charge in [-0.25, -0.2) is 0 Å². The number of rotatable bonds is 9. The third kappa shape index (κ3) is 5.79. The molecule has 1 aromatic carbocycles. The van der Waals surface area contributed by atoms with Crippen LogP contribution in [0.1, 0.15) is 63.9 Å². The van der Waals surface area contributed by atoms with Crippen LogP contribution in [0.15, 0.2) is 36.4 Å². The molecule has 0 radical (unpaired) electrons. The average molecular weight is 496 g/mol. The van der Waals surface area contributed by atoms with Gasteiger partial charge in [-0.3, -0.25) is 24.1 Å². The molecule has 0 spiro atoms. The summed E-state index contributed by atoms with van der Waals surface area (Å²) >= 11 is 0. The van der Waals surface area contributed by atoms with Gasteiger partial charge < -0.3 is 15.0 Å². The van der Waals surface area contributed by atoms with Crippen molar-refractivity contribution >= 4 is 23.6 Å². The van der Waals surface area contributed by atoms with Crippen LogP contribution < -0.4 is 10.1 Å². The molecule has 1 aromatic rings. The van der Waals surface area contributed by atoms with Crippen LogP contribution in [0, 0.1) is 11.8 Å². The zero-order valence-electron chi connectivity index (χ0n) is 21.3. The van der Waals surface area contributed by atoms with Crippen molar-refractivity contribution in [1.29, 1.82) is 0 Å². The monoisotopic (exact) mass is 495 g/mol. The summed E-state index contributed by atoms with van der Waals surface area (Å²) in [5, 5.41) is 3.12. The number of carbonyl (C=O) groups is 4. The smallest absolute Gasteiger partial charge is 0.242 e. The number of likely N-dealkylation sites (tertiary alicyclic amines) is 1. The molecule has 194 valence electrons. The number of fused-ring (bicyclic) bond motifs is 1. The van der Waals surface area contributed by atoms with E-state index in [0.29, 0.717) is 18.6 Å². The second-order valence-electron chi connectivity index (χ2n) is 10.1. The Morgan fingerprint density at radius 3 is 2.22 bits per heavy atom. The number of allylic oxidation sites excluding steroid dienone is 2. The number of imide groups is 1. The van der Waals surface area contributed by atoms with E-state index in [1.54, 1.807) is 18.9 Å². The molecule has 36 heavy (non-hydrogen) atoms. The molecule has 4 amide bonds. The van der Waals surface area contributed by atoms with Crippen LogP contribution in [0.5, 0.6) is 5.75 Å². The predicted octanol–water partition coefficient (Wildman–Crippen LogP) is 3.20. The summed E-state index contributed by atoms with van der Waals surface area (Å²) in [6.45, 7) is 2.03. The quantitative estimate of drug-likeness (QED) is 0.419. The van der Waals surface area contributed by atoms with E-state index in [4.69, 9.17) is 4.74 Å². The fourth-order valence-corrected chi connectivity index (χ4v) is 5.52. The van der Waals surface area contributed by atoms with Gasteiger partial charge in [0.15, 0.2) is 0 Å². The lowest BCUT2D eigenvalue weighted by atomic mass is 9.85. The summed E-state index contributed by atoms with van der Waals surface area (Å²) in [6, 6.07) is 6.85. The van der Waals surface area contributed by atoms with Crippen molar-refractivity contribution in [2.75, 3.05) is 13.7 Å². The van der Waals surface area contributed by atoms with Gasteiger partial charge in [0.2, 0.25) is 23.6 Å². The normalized spacial score (nSPS) is 22.8. The first kappa shape index (κ1) is 25.9. The molecule has 0 unspecified atom stereocenters. The van der Waals surface area contributed by atoms with Gasteiger partial charge >= 0.3 is 0 Å². The Kier molecular flexibility index (Phi) is 8.44. The molecule has 0 bridgehead atoms. The van der Waals surface area contributed by atoms with Crippen LogP contribution in [0.25, 0.3) is 0 Å². The fourth-order valence-electron chi connectivity index (χ4n) is 5.52. The van der Waals surface area contributed by atoms with Gasteiger partial charge in [0.05, 0.1) is 18.9 Å². The maximum absolute atomic E-state index is 13.5. The van der Waals surface area contributed by atoms with Crippen LogP contribution in [0.3, 0.4) is 0 Å². The van der Waals surface area contributed by atoms with Crippen molar-refractivity contribution in [2.45, 2.75) is 76.9 Å². The average Bonchev–Trinajstić information content (AvgIpc) is 3.15. The van der Waals surface area contributed by atoms with Gasteiger partial charge in [-0.05, 0) is 50.3 Å². The van der Waals surface area contributed by atoms with Gasteiger partial charge in [-0.1, -0.05) is 43.5 Å². The Hall–Kier alpha value is -3.16. The summed E-state index contributed by atoms with van der Waals surface area (Å²) < 4.78 is 5.23. The second kappa shape index (κ2) is 11.7. The molecule has 3 atom stereocenters. The topological polar surface area (TPSA) is 96.0 Å². The van der Waals surface area contributed by atoms with Gasteiger partial charge in [-0.15, -0.1) is 0 Å². The summed E-state index contributed by atoms with van der Waals surface area (Å²) in [7, 11) is 1.59. The molecule has 8 heteroatoms. The van der Waals surface area contributed by atoms with Crippen molar-refractivity contribution in [3.8, 4) is 5.75 Å². The SMILES string of the molecule is COc1ccc(CN(C(=O)CCN2C(=O)[C@H]3CC=CC[C@H]3C2=O)[C@H](C)C(=O)NC2CCCCC2)cc1. The van der Waals surface area contributed by atoms with Crippen LogP contribution in [-0.2, 0) is 25.7 Å². The van der Waals surface area contributed by atoms with Crippen molar-refractivity contribution < 1.29 is 23.9 Å². The highest BCUT2D eigenvalue weighted by Crippen LogP contribution is 2.35. The largest absolute Gasteiger partial charge is 0.497 e. The zero-order valence-corrected chi connectivity index (χ0v) is 21.3. The first-order valence-electron chi connectivity index (χ1n) is 13.1. The minimum absolute atomic E-state index is 0.0123. The number of nitrogens with zero attached hydrogens (tertiary/aromatic N) is 2. The van der Waals surface area contributed by atoms with Crippen molar-refractivity contribution in [1.82, 2.24) is 15.1 Å². The van der Waals surface area contributed by atoms with Gasteiger partial charge in [0, 0.05) is 25.6 Å². The molecule has 1 aliphatic heterocycles. The van der Waals surface area contributed by atoms with E-state index in [1.807, 2.05) is 36.4 Å². The molecule has 4 rings (SSSR count). The number of benzene rings is 1. The lowest BCUT2D eigenvalue weighted by Crippen LogP contribution is -2.51. The van der Waals surface area contributed by atoms with Crippen molar-refractivity contribution in [2.24, 2.45) is 11.8 Å². The summed E-state index contributed by atoms with van der Waals surface area (Å²) in [5.41, 5.74) is 0.867. The van der Waals surface area contributed by atoms with E-state index in [-0.39, 0.29) is 61.0 Å². The van der Waals surface area contributed by atoms with Crippen LogP contribution in [-0.4, -0.2) is 59.2 Å². The number of hydrogen-bond donors (Lipinski definition) is 1. The first-order valence-corrected chi connectivity index (χ1v) is 13.1. The number of methoxy groups -OCH3 is 1. The summed E-state index contributed by atoms with van der Waals surface area (Å²) in [6.07, 6.45) is 10.3. The molecule has 1 heterocycles. The third-order valence-electron chi connectivity index (χ3n) is 7.78. The highest BCUT2D eigenvalue weighted by atomic mass is 16.5. The summed E-state index contributed by atoms with van der Waals surface area (Å²) in [4.78, 5) is 55.0. The first-order chi connectivity index (χ1) is 17.4. The molecule has 1 N–H and O–H groups in total. The van der Waals surface area contributed by atoms with E-state index in [2.05, 4.69) is 5.32 Å². The highest BCUT2D eigenvalue weighted by Gasteiger charge is 2.47. The molecule has 2 fully saturated rings. The fraction of sp³-hybridized carbons (Fsp3) is 0.571. The van der Waals surface area contributed by atoms with E-state index in [0.717, 1.165) is 31.2 Å². The van der Waals surface area contributed by atoms with E-state index in [9.17, 15) is 19.2 Å². The number of hydrogen-bond acceptors (Lipinski definition) is 5. The minimum atomic E-state index is -0.682. The van der Waals surface area contributed by atoms with Crippen LogP contribution >= 0.6 is 0 Å². The number of carbonyl (C=O) groups excluding carboxylic acids is 4. The lowest BCUT2D eigenvalue weighted by molar-refractivity contribution is -0.144. The van der Waals surface area contributed by atoms with E-state index >= 15 is 0 Å². The molecular weight excluding hydrogens is 458 g/mol. The van der Waals surface area contributed by atoms with Gasteiger partial charge in [0.1, 0.15) is 11.8 Å². The van der Waals surface area contributed by atoms with Crippen molar-refractivity contribution in [3.63, 3.8) is 0 Å². The highest BCUT2D eigenvalue weighted by molar-refractivity contribution is 6.05. The maximum atomic E-state index is 13.5. The van der Waals surface area contributed by atoms with Gasteiger partial charge in [0.25, 0.3) is 0 Å². The molecular formula is C28H37N3O5. The molecule has 0 aromatic heterocycles. The zero-order chi connectivity index (χ0) is 25.7. The molecule has 1 saturated heterocycles. The van der Waals surface area contributed by atoms with Gasteiger partial charge in [-0.2, -0.15) is 0 Å². The van der Waals surface area contributed by atoms with Crippen LogP contribution in [0.2, 0.25) is 0 Å². The molecule has 8 nitrogen and oxygen atoms in total. The molecule has 1 saturated carbocycles. The number of nitrogens with one attached hydrogen (secondary N) is 1. The third-order valence-corrected chi connectivity index (χ3v) is 7.78. The minimum Gasteiger partial charge on any atom is -0.497 e. The van der Waals surface area contributed by atoms with Crippen LogP contribution in [0.4, 0.5) is 0 Å². The second-order valence-corrected chi connectivity index (χ2v) is 10.1. The Morgan fingerprint density at radius 2 is 1.64 bits per heavy atom. The Labute approximate surface area is 213 Å². The molecule has 2 aliphatic carbocycles. The number of amides is 4. The Balaban J connectivity index is 1.44. The Morgan fingerprint density at radius 1 is 1.03 bits per heavy atom. The maximum Gasteiger partial charge on any atom is 0.242 e. The lowest BCUT2D eigenvalue weighted by Gasteiger charge is -2.31. The van der Waals surface area contributed by atoms with E-state index in [1.165, 1.54) is 11.3 Å². The van der Waals surface area contributed by atoms with E-state index < -0.39 is 6.04 Å².